The predicted octanol–water partition coefficient (Wildman–Crippen LogP) is 3.67. The Hall–Kier alpha value is -1.39. The van der Waals surface area contributed by atoms with Crippen molar-refractivity contribution >= 4 is 10.0 Å². The van der Waals surface area contributed by atoms with E-state index in [0.29, 0.717) is 17.9 Å². The molecule has 114 valence electrons. The minimum Gasteiger partial charge on any atom is -0.207 e. The monoisotopic (exact) mass is 305 g/mol. The number of aryl methyl sites for hydroxylation is 1. The predicted molar refractivity (Wildman–Crippen MR) is 86.7 cm³/mol. The molecular formula is C17H23NO2S. The van der Waals surface area contributed by atoms with Gasteiger partial charge in [-0.05, 0) is 44.7 Å². The minimum atomic E-state index is -3.46. The fourth-order valence-electron chi connectivity index (χ4n) is 2.56. The molecule has 2 rings (SSSR count). The van der Waals surface area contributed by atoms with Gasteiger partial charge >= 0.3 is 0 Å². The third-order valence-corrected chi connectivity index (χ3v) is 5.72. The largest absolute Gasteiger partial charge is 0.243 e. The number of hydrogen-bond donors (Lipinski definition) is 0. The first kappa shape index (κ1) is 16.0. The van der Waals surface area contributed by atoms with Crippen LogP contribution in [0.2, 0.25) is 0 Å². The van der Waals surface area contributed by atoms with Gasteiger partial charge in [0.1, 0.15) is 0 Å². The summed E-state index contributed by atoms with van der Waals surface area (Å²) in [6, 6.07) is 7.03. The van der Waals surface area contributed by atoms with Crippen molar-refractivity contribution in [3.63, 3.8) is 0 Å². The van der Waals surface area contributed by atoms with Crippen molar-refractivity contribution in [2.45, 2.75) is 43.5 Å². The Balaban J connectivity index is 2.33. The number of allylic oxidation sites excluding steroid dienone is 1. The third kappa shape index (κ3) is 3.83. The number of hydrogen-bond acceptors (Lipinski definition) is 2. The van der Waals surface area contributed by atoms with Crippen LogP contribution in [0.3, 0.4) is 0 Å². The van der Waals surface area contributed by atoms with Crippen molar-refractivity contribution in [3.8, 4) is 0 Å². The molecule has 21 heavy (non-hydrogen) atoms. The average Bonchev–Trinajstić information content (AvgIpc) is 2.49. The summed E-state index contributed by atoms with van der Waals surface area (Å²) in [4.78, 5) is 0.371. The molecule has 1 aliphatic rings. The zero-order valence-electron chi connectivity index (χ0n) is 12.5. The first-order chi connectivity index (χ1) is 10.1. The van der Waals surface area contributed by atoms with Gasteiger partial charge in [0.15, 0.2) is 0 Å². The van der Waals surface area contributed by atoms with Crippen LogP contribution < -0.4 is 0 Å². The second-order valence-electron chi connectivity index (χ2n) is 5.43. The average molecular weight is 305 g/mol. The maximum atomic E-state index is 12.9. The molecule has 4 heteroatoms. The molecule has 0 saturated carbocycles. The lowest BCUT2D eigenvalue weighted by molar-refractivity contribution is 0.341. The van der Waals surface area contributed by atoms with Gasteiger partial charge in [-0.2, -0.15) is 4.31 Å². The van der Waals surface area contributed by atoms with Gasteiger partial charge in [0.2, 0.25) is 10.0 Å². The Kier molecular flexibility index (Phi) is 5.37. The van der Waals surface area contributed by atoms with Crippen molar-refractivity contribution in [3.05, 3.63) is 54.6 Å². The van der Waals surface area contributed by atoms with E-state index in [4.69, 9.17) is 0 Å². The van der Waals surface area contributed by atoms with Crippen LogP contribution in [-0.4, -0.2) is 25.3 Å². The van der Waals surface area contributed by atoms with Gasteiger partial charge in [-0.3, -0.25) is 0 Å². The summed E-state index contributed by atoms with van der Waals surface area (Å²) in [5.41, 5.74) is 1.06. The van der Waals surface area contributed by atoms with Crippen LogP contribution in [0.25, 0.3) is 0 Å². The van der Waals surface area contributed by atoms with Gasteiger partial charge in [-0.1, -0.05) is 35.9 Å². The number of sulfonamides is 1. The molecule has 0 saturated heterocycles. The Morgan fingerprint density at radius 3 is 2.62 bits per heavy atom. The summed E-state index contributed by atoms with van der Waals surface area (Å²) in [7, 11) is -3.46. The molecular weight excluding hydrogens is 282 g/mol. The van der Waals surface area contributed by atoms with Gasteiger partial charge in [0.05, 0.1) is 4.90 Å². The fraction of sp³-hybridized carbons (Fsp3) is 0.412. The molecule has 0 N–H and O–H groups in total. The summed E-state index contributed by atoms with van der Waals surface area (Å²) < 4.78 is 27.4. The molecule has 0 spiro atoms. The Labute approximate surface area is 128 Å². The van der Waals surface area contributed by atoms with E-state index >= 15 is 0 Å². The van der Waals surface area contributed by atoms with E-state index in [-0.39, 0.29) is 6.04 Å². The SMILES string of the molecule is C=CCCN(C1C=CCCC1)S(=O)(=O)c1ccc(C)cc1. The Morgan fingerprint density at radius 1 is 1.33 bits per heavy atom. The summed E-state index contributed by atoms with van der Waals surface area (Å²) in [5, 5.41) is 0. The first-order valence-electron chi connectivity index (χ1n) is 7.42. The fourth-order valence-corrected chi connectivity index (χ4v) is 4.19. The van der Waals surface area contributed by atoms with Crippen molar-refractivity contribution in [1.29, 1.82) is 0 Å². The van der Waals surface area contributed by atoms with Crippen molar-refractivity contribution in [2.75, 3.05) is 6.54 Å². The highest BCUT2D eigenvalue weighted by Crippen LogP contribution is 2.24. The van der Waals surface area contributed by atoms with E-state index in [1.54, 1.807) is 22.5 Å². The molecule has 1 aromatic rings. The highest BCUT2D eigenvalue weighted by atomic mass is 32.2. The molecule has 0 heterocycles. The van der Waals surface area contributed by atoms with Gasteiger partial charge in [0, 0.05) is 12.6 Å². The van der Waals surface area contributed by atoms with Crippen molar-refractivity contribution in [1.82, 2.24) is 4.31 Å². The lowest BCUT2D eigenvalue weighted by atomic mass is 10.0. The normalized spacial score (nSPS) is 18.9. The molecule has 0 aromatic heterocycles. The van der Waals surface area contributed by atoms with E-state index in [1.165, 1.54) is 0 Å². The summed E-state index contributed by atoms with van der Waals surface area (Å²) in [6.07, 6.45) is 9.50. The highest BCUT2D eigenvalue weighted by Gasteiger charge is 2.30. The zero-order valence-corrected chi connectivity index (χ0v) is 13.3. The smallest absolute Gasteiger partial charge is 0.207 e. The zero-order chi connectivity index (χ0) is 15.3. The van der Waals surface area contributed by atoms with E-state index < -0.39 is 10.0 Å². The number of benzene rings is 1. The number of nitrogens with zero attached hydrogens (tertiary/aromatic N) is 1. The maximum absolute atomic E-state index is 12.9. The van der Waals surface area contributed by atoms with Gasteiger partial charge in [0.25, 0.3) is 0 Å². The van der Waals surface area contributed by atoms with Crippen LogP contribution in [-0.2, 0) is 10.0 Å². The van der Waals surface area contributed by atoms with E-state index in [0.717, 1.165) is 24.8 Å². The van der Waals surface area contributed by atoms with Crippen LogP contribution in [0, 0.1) is 6.92 Å². The summed E-state index contributed by atoms with van der Waals surface area (Å²) >= 11 is 0. The molecule has 0 bridgehead atoms. The van der Waals surface area contributed by atoms with Crippen LogP contribution in [0.5, 0.6) is 0 Å². The molecule has 0 fully saturated rings. The lowest BCUT2D eigenvalue weighted by Gasteiger charge is -2.30. The standard InChI is InChI=1S/C17H23NO2S/c1-3-4-14-18(16-8-6-5-7-9-16)21(19,20)17-12-10-15(2)11-13-17/h3,6,8,10-13,16H,1,4-5,7,9,14H2,2H3. The molecule has 1 unspecified atom stereocenters. The van der Waals surface area contributed by atoms with E-state index in [2.05, 4.69) is 12.7 Å². The molecule has 0 aliphatic heterocycles. The first-order valence-corrected chi connectivity index (χ1v) is 8.86. The summed E-state index contributed by atoms with van der Waals surface area (Å²) in [6.45, 7) is 6.14. The van der Waals surface area contributed by atoms with E-state index in [1.807, 2.05) is 25.1 Å². The third-order valence-electron chi connectivity index (χ3n) is 3.78. The van der Waals surface area contributed by atoms with Crippen LogP contribution in [0.4, 0.5) is 0 Å². The molecule has 0 amide bonds. The second kappa shape index (κ2) is 7.05. The number of rotatable bonds is 6. The lowest BCUT2D eigenvalue weighted by Crippen LogP contribution is -2.40. The molecule has 3 nitrogen and oxygen atoms in total. The van der Waals surface area contributed by atoms with Gasteiger partial charge in [-0.25, -0.2) is 8.42 Å². The molecule has 0 radical (unpaired) electrons. The molecule has 1 aromatic carbocycles. The van der Waals surface area contributed by atoms with Gasteiger partial charge < -0.3 is 0 Å². The molecule has 1 aliphatic carbocycles. The maximum Gasteiger partial charge on any atom is 0.243 e. The summed E-state index contributed by atoms with van der Waals surface area (Å²) in [5.74, 6) is 0. The highest BCUT2D eigenvalue weighted by molar-refractivity contribution is 7.89. The Bertz CT molecular complexity index is 602. The van der Waals surface area contributed by atoms with E-state index in [9.17, 15) is 8.42 Å². The topological polar surface area (TPSA) is 37.4 Å². The van der Waals surface area contributed by atoms with Crippen molar-refractivity contribution in [2.24, 2.45) is 0 Å². The second-order valence-corrected chi connectivity index (χ2v) is 7.32. The Morgan fingerprint density at radius 2 is 2.05 bits per heavy atom. The molecule has 1 atom stereocenters. The van der Waals surface area contributed by atoms with Crippen LogP contribution >= 0.6 is 0 Å². The van der Waals surface area contributed by atoms with Gasteiger partial charge in [-0.15, -0.1) is 6.58 Å². The minimum absolute atomic E-state index is 0.0370. The van der Waals surface area contributed by atoms with Crippen LogP contribution in [0.15, 0.2) is 54.0 Å². The quantitative estimate of drug-likeness (QED) is 0.752. The van der Waals surface area contributed by atoms with Crippen LogP contribution in [0.1, 0.15) is 31.2 Å². The van der Waals surface area contributed by atoms with Crippen molar-refractivity contribution < 1.29 is 8.42 Å².